The van der Waals surface area contributed by atoms with Gasteiger partial charge < -0.3 is 15.0 Å². The third-order valence-electron chi connectivity index (χ3n) is 6.42. The molecule has 0 bridgehead atoms. The molecule has 2 aliphatic rings. The fourth-order valence-electron chi connectivity index (χ4n) is 4.48. The molecule has 2 aromatic rings. The molecule has 1 aliphatic heterocycles. The van der Waals surface area contributed by atoms with Crippen LogP contribution in [-0.2, 0) is 22.6 Å². The van der Waals surface area contributed by atoms with Crippen molar-refractivity contribution in [1.29, 1.82) is 0 Å². The lowest BCUT2D eigenvalue weighted by atomic mass is 9.93. The Balaban J connectivity index is 1.69. The molecular formula is C24H30N4O4. The van der Waals surface area contributed by atoms with E-state index in [1.54, 1.807) is 18.7 Å². The number of carbonyl (C=O) groups is 3. The van der Waals surface area contributed by atoms with Gasteiger partial charge in [-0.2, -0.15) is 5.10 Å². The summed E-state index contributed by atoms with van der Waals surface area (Å²) in [6, 6.07) is 9.49. The maximum atomic E-state index is 13.6. The molecule has 2 heterocycles. The first-order chi connectivity index (χ1) is 15.3. The van der Waals surface area contributed by atoms with E-state index in [0.29, 0.717) is 0 Å². The third-order valence-corrected chi connectivity index (χ3v) is 6.42. The van der Waals surface area contributed by atoms with Crippen LogP contribution in [0.25, 0.3) is 0 Å². The Morgan fingerprint density at radius 1 is 1.22 bits per heavy atom. The number of esters is 1. The number of benzene rings is 1. The molecule has 8 heteroatoms. The van der Waals surface area contributed by atoms with Crippen molar-refractivity contribution in [2.45, 2.75) is 71.1 Å². The predicted molar refractivity (Wildman–Crippen MR) is 118 cm³/mol. The monoisotopic (exact) mass is 438 g/mol. The molecule has 1 aromatic carbocycles. The summed E-state index contributed by atoms with van der Waals surface area (Å²) in [5.41, 5.74) is 1.27. The van der Waals surface area contributed by atoms with Crippen LogP contribution in [0, 0.1) is 6.92 Å². The minimum Gasteiger partial charge on any atom is -0.461 e. The molecule has 1 fully saturated rings. The lowest BCUT2D eigenvalue weighted by molar-refractivity contribution is -0.134. The number of aryl methyl sites for hydroxylation is 1. The number of carbonyl (C=O) groups excluding carboxylic acids is 3. The van der Waals surface area contributed by atoms with Crippen LogP contribution >= 0.6 is 0 Å². The van der Waals surface area contributed by atoms with Crippen LogP contribution in [0.5, 0.6) is 0 Å². The van der Waals surface area contributed by atoms with Crippen LogP contribution < -0.4 is 5.32 Å². The molecular weight excluding hydrogens is 408 g/mol. The largest absolute Gasteiger partial charge is 0.461 e. The summed E-state index contributed by atoms with van der Waals surface area (Å²) >= 11 is 0. The molecule has 1 saturated carbocycles. The second-order valence-electron chi connectivity index (χ2n) is 8.90. The summed E-state index contributed by atoms with van der Waals surface area (Å²) in [6.07, 6.45) is 4.10. The van der Waals surface area contributed by atoms with Crippen molar-refractivity contribution in [1.82, 2.24) is 20.0 Å². The average molecular weight is 439 g/mol. The van der Waals surface area contributed by atoms with Crippen molar-refractivity contribution in [2.24, 2.45) is 0 Å². The quantitative estimate of drug-likeness (QED) is 0.700. The maximum absolute atomic E-state index is 13.6. The van der Waals surface area contributed by atoms with Gasteiger partial charge in [-0.1, -0.05) is 42.7 Å². The van der Waals surface area contributed by atoms with E-state index in [4.69, 9.17) is 4.74 Å². The molecule has 0 spiro atoms. The van der Waals surface area contributed by atoms with Crippen LogP contribution in [0.4, 0.5) is 0 Å². The first-order valence-electron chi connectivity index (χ1n) is 11.3. The van der Waals surface area contributed by atoms with Crippen LogP contribution in [0.1, 0.15) is 71.6 Å². The lowest BCUT2D eigenvalue weighted by Gasteiger charge is -2.43. The fourth-order valence-corrected chi connectivity index (χ4v) is 4.48. The second kappa shape index (κ2) is 8.76. The van der Waals surface area contributed by atoms with Gasteiger partial charge in [0.05, 0.1) is 13.2 Å². The minimum absolute atomic E-state index is 0.0749. The zero-order valence-corrected chi connectivity index (χ0v) is 18.9. The molecule has 0 radical (unpaired) electrons. The first-order valence-corrected chi connectivity index (χ1v) is 11.3. The minimum atomic E-state index is -1.14. The molecule has 1 atom stereocenters. The molecule has 8 nitrogen and oxygen atoms in total. The Hall–Kier alpha value is -3.16. The summed E-state index contributed by atoms with van der Waals surface area (Å²) < 4.78 is 6.51. The Bertz CT molecular complexity index is 1020. The predicted octanol–water partition coefficient (Wildman–Crippen LogP) is 2.84. The smallest absolute Gasteiger partial charge is 0.358 e. The highest BCUT2D eigenvalue weighted by Gasteiger charge is 2.48. The highest BCUT2D eigenvalue weighted by molar-refractivity contribution is 6.01. The molecule has 1 N–H and O–H groups in total. The summed E-state index contributed by atoms with van der Waals surface area (Å²) in [5, 5.41) is 7.45. The van der Waals surface area contributed by atoms with E-state index in [0.717, 1.165) is 36.8 Å². The molecule has 1 aliphatic carbocycles. The van der Waals surface area contributed by atoms with Crippen molar-refractivity contribution in [3.8, 4) is 0 Å². The molecule has 0 unspecified atom stereocenters. The van der Waals surface area contributed by atoms with Gasteiger partial charge in [0.1, 0.15) is 11.2 Å². The maximum Gasteiger partial charge on any atom is 0.358 e. The van der Waals surface area contributed by atoms with E-state index in [2.05, 4.69) is 10.4 Å². The number of rotatable bonds is 6. The normalized spacial score (nSPS) is 20.8. The molecule has 4 rings (SSSR count). The first kappa shape index (κ1) is 22.0. The molecule has 2 amide bonds. The second-order valence-corrected chi connectivity index (χ2v) is 8.90. The zero-order valence-electron chi connectivity index (χ0n) is 18.9. The number of aromatic nitrogens is 2. The number of hydrogen-bond donors (Lipinski definition) is 1. The van der Waals surface area contributed by atoms with Crippen molar-refractivity contribution in [2.75, 3.05) is 6.61 Å². The highest BCUT2D eigenvalue weighted by Crippen LogP contribution is 2.30. The number of ether oxygens (including phenoxy) is 1. The van der Waals surface area contributed by atoms with Gasteiger partial charge in [0.2, 0.25) is 5.91 Å². The number of fused-ring (bicyclic) bond motifs is 1. The Morgan fingerprint density at radius 3 is 2.56 bits per heavy atom. The van der Waals surface area contributed by atoms with Crippen molar-refractivity contribution in [3.63, 3.8) is 0 Å². The number of nitrogens with one attached hydrogen (secondary N) is 1. The third kappa shape index (κ3) is 4.13. The average Bonchev–Trinajstić information content (AvgIpc) is 3.42. The van der Waals surface area contributed by atoms with Crippen LogP contribution in [0.3, 0.4) is 0 Å². The standard InChI is InChI=1S/C24H30N4O4/c1-4-32-22(30)19-13-20-21(29)27(14-17-11-9-16(2)10-12-17)24(3,15-28(20)26-19)23(31)25-18-7-5-6-8-18/h9-13,18H,4-8,14-15H2,1-3H3,(H,25,31)/t24-/m1/s1. The van der Waals surface area contributed by atoms with Gasteiger partial charge in [-0.25, -0.2) is 4.79 Å². The van der Waals surface area contributed by atoms with Gasteiger partial charge in [0, 0.05) is 18.7 Å². The van der Waals surface area contributed by atoms with Crippen molar-refractivity contribution < 1.29 is 19.1 Å². The summed E-state index contributed by atoms with van der Waals surface area (Å²) in [6.45, 7) is 6.16. The van der Waals surface area contributed by atoms with E-state index in [9.17, 15) is 14.4 Å². The van der Waals surface area contributed by atoms with Gasteiger partial charge in [-0.05, 0) is 39.2 Å². The number of amides is 2. The number of nitrogens with zero attached hydrogens (tertiary/aromatic N) is 3. The van der Waals surface area contributed by atoms with Gasteiger partial charge in [-0.3, -0.25) is 14.3 Å². The van der Waals surface area contributed by atoms with Gasteiger partial charge in [0.15, 0.2) is 5.69 Å². The molecule has 0 saturated heterocycles. The van der Waals surface area contributed by atoms with Gasteiger partial charge in [-0.15, -0.1) is 0 Å². The van der Waals surface area contributed by atoms with E-state index in [-0.39, 0.29) is 48.9 Å². The summed E-state index contributed by atoms with van der Waals surface area (Å²) in [5.74, 6) is -1.10. The van der Waals surface area contributed by atoms with Crippen LogP contribution in [-0.4, -0.2) is 50.7 Å². The fraction of sp³-hybridized carbons (Fsp3) is 0.500. The zero-order chi connectivity index (χ0) is 22.9. The Morgan fingerprint density at radius 2 is 1.91 bits per heavy atom. The van der Waals surface area contributed by atoms with E-state index >= 15 is 0 Å². The highest BCUT2D eigenvalue weighted by atomic mass is 16.5. The SMILES string of the molecule is CCOC(=O)c1cc2n(n1)C[C@](C)(C(=O)NC1CCCC1)N(Cc1ccc(C)cc1)C2=O. The van der Waals surface area contributed by atoms with Crippen molar-refractivity contribution in [3.05, 3.63) is 52.8 Å². The summed E-state index contributed by atoms with van der Waals surface area (Å²) in [4.78, 5) is 40.9. The lowest BCUT2D eigenvalue weighted by Crippen LogP contribution is -2.64. The van der Waals surface area contributed by atoms with E-state index in [1.807, 2.05) is 31.2 Å². The molecule has 32 heavy (non-hydrogen) atoms. The molecule has 170 valence electrons. The Kier molecular flexibility index (Phi) is 6.04. The topological polar surface area (TPSA) is 93.5 Å². The Labute approximate surface area is 187 Å². The van der Waals surface area contributed by atoms with Gasteiger partial charge >= 0.3 is 5.97 Å². The van der Waals surface area contributed by atoms with E-state index in [1.165, 1.54) is 10.7 Å². The van der Waals surface area contributed by atoms with Crippen LogP contribution in [0.15, 0.2) is 30.3 Å². The number of hydrogen-bond acceptors (Lipinski definition) is 5. The van der Waals surface area contributed by atoms with Gasteiger partial charge in [0.25, 0.3) is 5.91 Å². The summed E-state index contributed by atoms with van der Waals surface area (Å²) in [7, 11) is 0. The van der Waals surface area contributed by atoms with E-state index < -0.39 is 11.5 Å². The van der Waals surface area contributed by atoms with Crippen molar-refractivity contribution >= 4 is 17.8 Å². The molecule has 1 aromatic heterocycles. The van der Waals surface area contributed by atoms with Crippen LogP contribution in [0.2, 0.25) is 0 Å².